The summed E-state index contributed by atoms with van der Waals surface area (Å²) in [4.78, 5) is 22.2. The predicted molar refractivity (Wildman–Crippen MR) is 70.7 cm³/mol. The average Bonchev–Trinajstić information content (AvgIpc) is 2.29. The van der Waals surface area contributed by atoms with Crippen LogP contribution in [0.2, 0.25) is 0 Å². The maximum absolute atomic E-state index is 11.6. The van der Waals surface area contributed by atoms with Gasteiger partial charge in [-0.15, -0.1) is 0 Å². The summed E-state index contributed by atoms with van der Waals surface area (Å²) >= 11 is 0. The molecule has 0 radical (unpaired) electrons. The third kappa shape index (κ3) is 6.03. The summed E-state index contributed by atoms with van der Waals surface area (Å²) in [6.45, 7) is 2.47. The van der Waals surface area contributed by atoms with Crippen molar-refractivity contribution < 1.29 is 9.59 Å². The second-order valence-electron chi connectivity index (χ2n) is 4.57. The van der Waals surface area contributed by atoms with Crippen LogP contribution in [0.15, 0.2) is 30.3 Å². The van der Waals surface area contributed by atoms with E-state index in [-0.39, 0.29) is 24.2 Å². The molecule has 0 aliphatic rings. The van der Waals surface area contributed by atoms with Gasteiger partial charge in [-0.2, -0.15) is 0 Å². The van der Waals surface area contributed by atoms with Crippen LogP contribution >= 0.6 is 0 Å². The van der Waals surface area contributed by atoms with Crippen molar-refractivity contribution in [2.75, 3.05) is 6.54 Å². The molecule has 0 bridgehead atoms. The summed E-state index contributed by atoms with van der Waals surface area (Å²) in [7, 11) is 0. The zero-order valence-electron chi connectivity index (χ0n) is 10.7. The summed E-state index contributed by atoms with van der Waals surface area (Å²) in [5.41, 5.74) is 6.27. The van der Waals surface area contributed by atoms with Crippen molar-refractivity contribution >= 4 is 11.8 Å². The van der Waals surface area contributed by atoms with Crippen molar-refractivity contribution in [3.8, 4) is 0 Å². The number of benzene rings is 1. The van der Waals surface area contributed by atoms with Gasteiger partial charge in [0.1, 0.15) is 0 Å². The molecule has 2 amide bonds. The highest BCUT2D eigenvalue weighted by molar-refractivity contribution is 5.78. The fourth-order valence-electron chi connectivity index (χ4n) is 1.80. The fraction of sp³-hybridized carbons (Fsp3) is 0.429. The van der Waals surface area contributed by atoms with E-state index in [1.807, 2.05) is 37.3 Å². The third-order valence-corrected chi connectivity index (χ3v) is 2.66. The van der Waals surface area contributed by atoms with Gasteiger partial charge in [-0.3, -0.25) is 9.59 Å². The molecule has 1 rings (SSSR count). The van der Waals surface area contributed by atoms with E-state index in [1.165, 1.54) is 5.56 Å². The van der Waals surface area contributed by atoms with Gasteiger partial charge < -0.3 is 11.1 Å². The van der Waals surface area contributed by atoms with Gasteiger partial charge in [0.2, 0.25) is 11.8 Å². The van der Waals surface area contributed by atoms with Crippen molar-refractivity contribution in [2.45, 2.75) is 26.2 Å². The first-order valence-electron chi connectivity index (χ1n) is 6.17. The molecule has 1 atom stereocenters. The summed E-state index contributed by atoms with van der Waals surface area (Å²) in [6.07, 6.45) is 1.42. The largest absolute Gasteiger partial charge is 0.370 e. The van der Waals surface area contributed by atoms with Crippen molar-refractivity contribution in [1.29, 1.82) is 0 Å². The van der Waals surface area contributed by atoms with E-state index in [9.17, 15) is 9.59 Å². The molecule has 0 aromatic heterocycles. The lowest BCUT2D eigenvalue weighted by Crippen LogP contribution is -2.28. The number of hydrogen-bond donors (Lipinski definition) is 2. The number of primary amides is 1. The molecule has 0 saturated carbocycles. The molecular weight excluding hydrogens is 228 g/mol. The molecule has 3 N–H and O–H groups in total. The van der Waals surface area contributed by atoms with Crippen LogP contribution in [0, 0.1) is 5.92 Å². The first kappa shape index (κ1) is 14.2. The molecule has 0 heterocycles. The van der Waals surface area contributed by atoms with Gasteiger partial charge in [0.05, 0.1) is 0 Å². The molecule has 0 spiro atoms. The van der Waals surface area contributed by atoms with Crippen LogP contribution in [-0.4, -0.2) is 18.4 Å². The highest BCUT2D eigenvalue weighted by Crippen LogP contribution is 2.06. The van der Waals surface area contributed by atoms with Gasteiger partial charge in [0.25, 0.3) is 0 Å². The third-order valence-electron chi connectivity index (χ3n) is 2.66. The molecule has 0 aliphatic carbocycles. The van der Waals surface area contributed by atoms with Gasteiger partial charge in [0.15, 0.2) is 0 Å². The molecule has 4 nitrogen and oxygen atoms in total. The van der Waals surface area contributed by atoms with E-state index in [1.54, 1.807) is 0 Å². The second-order valence-corrected chi connectivity index (χ2v) is 4.57. The second kappa shape index (κ2) is 7.48. The van der Waals surface area contributed by atoms with E-state index in [0.717, 1.165) is 6.42 Å². The molecule has 1 aromatic rings. The molecular formula is C14H20N2O2. The molecule has 4 heteroatoms. The van der Waals surface area contributed by atoms with Crippen LogP contribution in [0.3, 0.4) is 0 Å². The number of carbonyl (C=O) groups excluding carboxylic acids is 2. The number of hydrogen-bond acceptors (Lipinski definition) is 2. The Morgan fingerprint density at radius 1 is 1.22 bits per heavy atom. The summed E-state index contributed by atoms with van der Waals surface area (Å²) < 4.78 is 0. The number of amides is 2. The Kier molecular flexibility index (Phi) is 5.91. The topological polar surface area (TPSA) is 72.2 Å². The molecule has 98 valence electrons. The summed E-state index contributed by atoms with van der Waals surface area (Å²) in [6, 6.07) is 9.98. The Hall–Kier alpha value is -1.84. The first-order valence-corrected chi connectivity index (χ1v) is 6.17. The van der Waals surface area contributed by atoms with Crippen LogP contribution in [0.25, 0.3) is 0 Å². The zero-order chi connectivity index (χ0) is 13.4. The lowest BCUT2D eigenvalue weighted by molar-refractivity contribution is -0.122. The minimum absolute atomic E-state index is 0.000717. The van der Waals surface area contributed by atoms with E-state index >= 15 is 0 Å². The van der Waals surface area contributed by atoms with Crippen molar-refractivity contribution in [3.63, 3.8) is 0 Å². The van der Waals surface area contributed by atoms with Crippen molar-refractivity contribution in [3.05, 3.63) is 35.9 Å². The molecule has 1 aromatic carbocycles. The van der Waals surface area contributed by atoms with Crippen LogP contribution in [-0.2, 0) is 16.0 Å². The highest BCUT2D eigenvalue weighted by atomic mass is 16.2. The Balaban J connectivity index is 2.19. The lowest BCUT2D eigenvalue weighted by atomic mass is 10.0. The number of rotatable bonds is 7. The summed E-state index contributed by atoms with van der Waals surface area (Å²) in [5.74, 6) is -0.390. The predicted octanol–water partition coefficient (Wildman–Crippen LogP) is 1.25. The van der Waals surface area contributed by atoms with Crippen molar-refractivity contribution in [2.24, 2.45) is 11.7 Å². The zero-order valence-corrected chi connectivity index (χ0v) is 10.7. The molecule has 0 saturated heterocycles. The van der Waals surface area contributed by atoms with Crippen LogP contribution < -0.4 is 11.1 Å². The SMILES string of the molecule is C[C@H](CC(N)=O)CC(=O)NCCc1ccccc1. The molecule has 0 fully saturated rings. The van der Waals surface area contributed by atoms with Gasteiger partial charge in [-0.25, -0.2) is 0 Å². The van der Waals surface area contributed by atoms with Crippen LogP contribution in [0.4, 0.5) is 0 Å². The molecule has 18 heavy (non-hydrogen) atoms. The standard InChI is InChI=1S/C14H20N2O2/c1-11(9-13(15)17)10-14(18)16-8-7-12-5-3-2-4-6-12/h2-6,11H,7-10H2,1H3,(H2,15,17)(H,16,18)/t11-/m1/s1. The minimum Gasteiger partial charge on any atom is -0.370 e. The highest BCUT2D eigenvalue weighted by Gasteiger charge is 2.10. The number of nitrogens with one attached hydrogen (secondary N) is 1. The average molecular weight is 248 g/mol. The monoisotopic (exact) mass is 248 g/mol. The normalized spacial score (nSPS) is 11.8. The van der Waals surface area contributed by atoms with E-state index < -0.39 is 0 Å². The number of carbonyl (C=O) groups is 2. The Morgan fingerprint density at radius 2 is 1.89 bits per heavy atom. The van der Waals surface area contributed by atoms with Crippen LogP contribution in [0.1, 0.15) is 25.3 Å². The van der Waals surface area contributed by atoms with E-state index in [2.05, 4.69) is 5.32 Å². The molecule has 0 unspecified atom stereocenters. The van der Waals surface area contributed by atoms with E-state index in [0.29, 0.717) is 13.0 Å². The Bertz CT molecular complexity index is 390. The molecule has 0 aliphatic heterocycles. The van der Waals surface area contributed by atoms with E-state index in [4.69, 9.17) is 5.73 Å². The van der Waals surface area contributed by atoms with Gasteiger partial charge in [-0.05, 0) is 17.9 Å². The van der Waals surface area contributed by atoms with Crippen molar-refractivity contribution in [1.82, 2.24) is 5.32 Å². The van der Waals surface area contributed by atoms with Crippen LogP contribution in [0.5, 0.6) is 0 Å². The quantitative estimate of drug-likeness (QED) is 0.762. The maximum atomic E-state index is 11.6. The Morgan fingerprint density at radius 3 is 2.50 bits per heavy atom. The van der Waals surface area contributed by atoms with Gasteiger partial charge in [0, 0.05) is 19.4 Å². The smallest absolute Gasteiger partial charge is 0.220 e. The minimum atomic E-state index is -0.361. The fourth-order valence-corrected chi connectivity index (χ4v) is 1.80. The maximum Gasteiger partial charge on any atom is 0.220 e. The first-order chi connectivity index (χ1) is 8.58. The lowest BCUT2D eigenvalue weighted by Gasteiger charge is -2.09. The summed E-state index contributed by atoms with van der Waals surface area (Å²) in [5, 5.41) is 2.84. The number of nitrogens with two attached hydrogens (primary N) is 1. The Labute approximate surface area is 108 Å². The van der Waals surface area contributed by atoms with Gasteiger partial charge in [-0.1, -0.05) is 37.3 Å². The van der Waals surface area contributed by atoms with Gasteiger partial charge >= 0.3 is 0 Å².